The molecule has 0 bridgehead atoms. The van der Waals surface area contributed by atoms with Crippen molar-refractivity contribution in [3.63, 3.8) is 0 Å². The summed E-state index contributed by atoms with van der Waals surface area (Å²) in [5.74, 6) is 1.31. The minimum Gasteiger partial charge on any atom is -0.352 e. The molecular weight excluding hydrogens is 379 g/mol. The predicted octanol–water partition coefficient (Wildman–Crippen LogP) is 4.02. The Hall–Kier alpha value is -2.73. The van der Waals surface area contributed by atoms with Crippen LogP contribution in [0.4, 0.5) is 4.39 Å². The van der Waals surface area contributed by atoms with E-state index in [1.54, 1.807) is 18.2 Å². The number of fused-ring (bicyclic) bond motifs is 1. The van der Waals surface area contributed by atoms with Gasteiger partial charge in [-0.1, -0.05) is 30.3 Å². The smallest absolute Gasteiger partial charge is 0.220 e. The number of carbonyl (C=O) groups is 1. The largest absolute Gasteiger partial charge is 0.352 e. The highest BCUT2D eigenvalue weighted by Crippen LogP contribution is 2.23. The van der Waals surface area contributed by atoms with E-state index in [-0.39, 0.29) is 18.3 Å². The number of hydrogen-bond acceptors (Lipinski definition) is 3. The van der Waals surface area contributed by atoms with Crippen LogP contribution in [0.3, 0.4) is 0 Å². The molecular formula is C24H29FN4O. The van der Waals surface area contributed by atoms with E-state index in [4.69, 9.17) is 4.98 Å². The van der Waals surface area contributed by atoms with Gasteiger partial charge in [0.1, 0.15) is 11.6 Å². The molecule has 1 saturated heterocycles. The summed E-state index contributed by atoms with van der Waals surface area (Å²) >= 11 is 0. The molecule has 1 atom stereocenters. The average Bonchev–Trinajstić information content (AvgIpc) is 3.07. The quantitative estimate of drug-likeness (QED) is 0.642. The molecule has 1 aliphatic rings. The summed E-state index contributed by atoms with van der Waals surface area (Å²) in [6.07, 6.45) is 3.65. The maximum atomic E-state index is 13.7. The Morgan fingerprint density at radius 2 is 2.00 bits per heavy atom. The van der Waals surface area contributed by atoms with Crippen LogP contribution < -0.4 is 5.32 Å². The summed E-state index contributed by atoms with van der Waals surface area (Å²) in [5.41, 5.74) is 2.72. The molecule has 2 aromatic carbocycles. The molecule has 3 aromatic rings. The van der Waals surface area contributed by atoms with Gasteiger partial charge in [0.15, 0.2) is 0 Å². The normalized spacial score (nSPS) is 17.3. The number of likely N-dealkylation sites (tertiary alicyclic amines) is 1. The van der Waals surface area contributed by atoms with Crippen LogP contribution in [-0.4, -0.2) is 33.4 Å². The van der Waals surface area contributed by atoms with Gasteiger partial charge in [-0.25, -0.2) is 9.37 Å². The maximum absolute atomic E-state index is 13.7. The number of piperidine rings is 1. The molecule has 1 unspecified atom stereocenters. The van der Waals surface area contributed by atoms with Crippen molar-refractivity contribution in [1.82, 2.24) is 19.8 Å². The lowest BCUT2D eigenvalue weighted by atomic mass is 9.93. The number of nitrogens with one attached hydrogen (secondary N) is 1. The molecule has 158 valence electrons. The van der Waals surface area contributed by atoms with Crippen molar-refractivity contribution in [2.75, 3.05) is 13.1 Å². The molecule has 1 amide bonds. The van der Waals surface area contributed by atoms with Gasteiger partial charge in [0, 0.05) is 32.1 Å². The monoisotopic (exact) mass is 408 g/mol. The second kappa shape index (κ2) is 9.39. The summed E-state index contributed by atoms with van der Waals surface area (Å²) in [7, 11) is 2.08. The Morgan fingerprint density at radius 3 is 2.83 bits per heavy atom. The maximum Gasteiger partial charge on any atom is 0.220 e. The highest BCUT2D eigenvalue weighted by molar-refractivity contribution is 5.76. The number of nitrogens with zero attached hydrogens (tertiary/aromatic N) is 3. The Kier molecular flexibility index (Phi) is 6.43. The van der Waals surface area contributed by atoms with E-state index < -0.39 is 0 Å². The van der Waals surface area contributed by atoms with E-state index in [1.807, 2.05) is 12.1 Å². The van der Waals surface area contributed by atoms with Crippen molar-refractivity contribution in [2.45, 2.75) is 38.8 Å². The van der Waals surface area contributed by atoms with Crippen molar-refractivity contribution in [3.8, 4) is 0 Å². The molecule has 1 N–H and O–H groups in total. The van der Waals surface area contributed by atoms with Crippen LogP contribution in [-0.2, 0) is 24.9 Å². The second-order valence-electron chi connectivity index (χ2n) is 8.23. The van der Waals surface area contributed by atoms with Crippen LogP contribution in [0.1, 0.15) is 37.1 Å². The van der Waals surface area contributed by atoms with Gasteiger partial charge in [-0.2, -0.15) is 0 Å². The van der Waals surface area contributed by atoms with E-state index in [0.29, 0.717) is 17.9 Å². The molecule has 6 heteroatoms. The third kappa shape index (κ3) is 4.87. The van der Waals surface area contributed by atoms with Crippen LogP contribution in [0, 0.1) is 11.7 Å². The number of hydrogen-bond donors (Lipinski definition) is 1. The number of carbonyl (C=O) groups excluding carboxylic acids is 1. The van der Waals surface area contributed by atoms with E-state index in [2.05, 4.69) is 34.0 Å². The summed E-state index contributed by atoms with van der Waals surface area (Å²) in [6.45, 7) is 3.14. The number of para-hydroxylation sites is 2. The van der Waals surface area contributed by atoms with Crippen molar-refractivity contribution in [2.24, 2.45) is 13.0 Å². The zero-order valence-electron chi connectivity index (χ0n) is 17.5. The number of amides is 1. The molecule has 4 rings (SSSR count). The molecule has 0 saturated carbocycles. The first-order valence-electron chi connectivity index (χ1n) is 10.7. The number of halogens is 1. The van der Waals surface area contributed by atoms with E-state index in [0.717, 1.165) is 55.8 Å². The lowest BCUT2D eigenvalue weighted by molar-refractivity contribution is -0.121. The number of imidazole rings is 1. The van der Waals surface area contributed by atoms with Gasteiger partial charge in [-0.05, 0) is 49.9 Å². The van der Waals surface area contributed by atoms with Crippen LogP contribution in [0.2, 0.25) is 0 Å². The minimum absolute atomic E-state index is 0.00859. The second-order valence-corrected chi connectivity index (χ2v) is 8.23. The first-order valence-corrected chi connectivity index (χ1v) is 10.7. The third-order valence-corrected chi connectivity index (χ3v) is 6.06. The zero-order valence-corrected chi connectivity index (χ0v) is 17.5. The van der Waals surface area contributed by atoms with Crippen molar-refractivity contribution in [1.29, 1.82) is 0 Å². The topological polar surface area (TPSA) is 50.2 Å². The number of rotatable bonds is 7. The van der Waals surface area contributed by atoms with Crippen LogP contribution >= 0.6 is 0 Å². The summed E-state index contributed by atoms with van der Waals surface area (Å²) in [5, 5.41) is 2.85. The predicted molar refractivity (Wildman–Crippen MR) is 116 cm³/mol. The van der Waals surface area contributed by atoms with E-state index in [1.165, 1.54) is 6.07 Å². The molecule has 5 nitrogen and oxygen atoms in total. The Bertz CT molecular complexity index is 1020. The van der Waals surface area contributed by atoms with Gasteiger partial charge in [0.2, 0.25) is 5.91 Å². The number of benzene rings is 2. The number of aromatic nitrogens is 2. The fraction of sp³-hybridized carbons (Fsp3) is 0.417. The van der Waals surface area contributed by atoms with Gasteiger partial charge in [-0.3, -0.25) is 9.69 Å². The molecule has 0 aliphatic carbocycles. The summed E-state index contributed by atoms with van der Waals surface area (Å²) in [4.78, 5) is 19.5. The molecule has 1 aromatic heterocycles. The minimum atomic E-state index is -0.275. The van der Waals surface area contributed by atoms with Crippen molar-refractivity contribution >= 4 is 16.9 Å². The Balaban J connectivity index is 1.26. The first-order chi connectivity index (χ1) is 14.6. The van der Waals surface area contributed by atoms with Crippen LogP contribution in [0.15, 0.2) is 48.5 Å². The fourth-order valence-electron chi connectivity index (χ4n) is 4.33. The fourth-order valence-corrected chi connectivity index (χ4v) is 4.33. The zero-order chi connectivity index (χ0) is 20.9. The van der Waals surface area contributed by atoms with Crippen LogP contribution in [0.5, 0.6) is 0 Å². The van der Waals surface area contributed by atoms with Gasteiger partial charge in [0.05, 0.1) is 17.6 Å². The Labute approximate surface area is 176 Å². The molecule has 1 fully saturated rings. The molecule has 1 aliphatic heterocycles. The van der Waals surface area contributed by atoms with Gasteiger partial charge < -0.3 is 9.88 Å². The molecule has 2 heterocycles. The number of aryl methyl sites for hydroxylation is 1. The highest BCUT2D eigenvalue weighted by Gasteiger charge is 2.22. The van der Waals surface area contributed by atoms with Gasteiger partial charge >= 0.3 is 0 Å². The summed E-state index contributed by atoms with van der Waals surface area (Å²) in [6, 6.07) is 14.8. The summed E-state index contributed by atoms with van der Waals surface area (Å²) < 4.78 is 15.8. The molecule has 30 heavy (non-hydrogen) atoms. The standard InChI is InChI=1S/C24H29FN4O/c1-28-22-11-5-4-10-21(22)27-23(28)17-29-14-6-7-18(16-29)12-13-24(30)26-15-19-8-2-3-9-20(19)25/h2-5,8-11,18H,6-7,12-17H2,1H3,(H,26,30). The average molecular weight is 409 g/mol. The third-order valence-electron chi connectivity index (χ3n) is 6.06. The van der Waals surface area contributed by atoms with Gasteiger partial charge in [-0.15, -0.1) is 0 Å². The lowest BCUT2D eigenvalue weighted by Gasteiger charge is -2.32. The van der Waals surface area contributed by atoms with E-state index in [9.17, 15) is 9.18 Å². The lowest BCUT2D eigenvalue weighted by Crippen LogP contribution is -2.36. The van der Waals surface area contributed by atoms with Gasteiger partial charge in [0.25, 0.3) is 0 Å². The molecule has 0 spiro atoms. The molecule has 0 radical (unpaired) electrons. The SMILES string of the molecule is Cn1c(CN2CCCC(CCC(=O)NCc3ccccc3F)C2)nc2ccccc21. The van der Waals surface area contributed by atoms with Crippen molar-refractivity contribution < 1.29 is 9.18 Å². The van der Waals surface area contributed by atoms with E-state index >= 15 is 0 Å². The van der Waals surface area contributed by atoms with Crippen molar-refractivity contribution in [3.05, 3.63) is 65.7 Å². The Morgan fingerprint density at radius 1 is 1.20 bits per heavy atom. The highest BCUT2D eigenvalue weighted by atomic mass is 19.1. The first kappa shape index (κ1) is 20.5. The van der Waals surface area contributed by atoms with Crippen LogP contribution in [0.25, 0.3) is 11.0 Å².